The number of nitrogens with two attached hydrogens (primary N) is 1. The van der Waals surface area contributed by atoms with Crippen LogP contribution < -0.4 is 5.73 Å². The molecule has 0 saturated carbocycles. The van der Waals surface area contributed by atoms with Gasteiger partial charge in [0.25, 0.3) is 0 Å². The number of phenols is 1. The lowest BCUT2D eigenvalue weighted by Gasteiger charge is -2.37. The Morgan fingerprint density at radius 1 is 1.06 bits per heavy atom. The van der Waals surface area contributed by atoms with Crippen LogP contribution in [-0.2, 0) is 24.2 Å². The molecule has 172 valence electrons. The Kier molecular flexibility index (Phi) is 6.22. The Labute approximate surface area is 206 Å². The number of imidazole rings is 1. The highest BCUT2D eigenvalue weighted by Gasteiger charge is 2.35. The van der Waals surface area contributed by atoms with Gasteiger partial charge in [0.05, 0.1) is 12.1 Å². The van der Waals surface area contributed by atoms with Crippen LogP contribution in [0.2, 0.25) is 0 Å². The number of benzene rings is 3. The first-order chi connectivity index (χ1) is 16.5. The highest BCUT2D eigenvalue weighted by molar-refractivity contribution is 9.10. The van der Waals surface area contributed by atoms with Gasteiger partial charge < -0.3 is 20.7 Å². The normalized spacial score (nSPS) is 16.2. The summed E-state index contributed by atoms with van der Waals surface area (Å²) in [6.07, 6.45) is 1.04. The molecule has 0 radical (unpaired) electrons. The maximum Gasteiger partial charge on any atom is 0.240 e. The van der Waals surface area contributed by atoms with Crippen LogP contribution in [0, 0.1) is 0 Å². The average molecular weight is 517 g/mol. The summed E-state index contributed by atoms with van der Waals surface area (Å²) in [5, 5.41) is 9.54. The molecule has 0 unspecified atom stereocenters. The van der Waals surface area contributed by atoms with E-state index in [2.05, 4.69) is 33.0 Å². The van der Waals surface area contributed by atoms with Crippen LogP contribution in [0.25, 0.3) is 11.3 Å². The average Bonchev–Trinajstić information content (AvgIpc) is 3.26. The Bertz CT molecular complexity index is 1300. The molecule has 4 aromatic rings. The first-order valence-electron chi connectivity index (χ1n) is 11.2. The van der Waals surface area contributed by atoms with Crippen LogP contribution in [-0.4, -0.2) is 31.9 Å². The Balaban J connectivity index is 1.47. The van der Waals surface area contributed by atoms with Crippen molar-refractivity contribution in [2.45, 2.75) is 31.5 Å². The van der Waals surface area contributed by atoms with E-state index in [0.717, 1.165) is 32.8 Å². The van der Waals surface area contributed by atoms with Crippen molar-refractivity contribution < 1.29 is 9.90 Å². The van der Waals surface area contributed by atoms with E-state index in [4.69, 9.17) is 10.7 Å². The highest BCUT2D eigenvalue weighted by atomic mass is 79.9. The molecule has 5 rings (SSSR count). The summed E-state index contributed by atoms with van der Waals surface area (Å²) in [5.74, 6) is 0.792. The van der Waals surface area contributed by atoms with E-state index < -0.39 is 6.04 Å². The van der Waals surface area contributed by atoms with Gasteiger partial charge in [-0.15, -0.1) is 0 Å². The minimum atomic E-state index is -0.704. The fourth-order valence-electron chi connectivity index (χ4n) is 4.50. The topological polar surface area (TPSA) is 95.2 Å². The van der Waals surface area contributed by atoms with Gasteiger partial charge in [0, 0.05) is 18.5 Å². The number of phenolic OH excluding ortho intramolecular Hbond substituents is 1. The van der Waals surface area contributed by atoms with E-state index in [0.29, 0.717) is 19.4 Å². The van der Waals surface area contributed by atoms with Gasteiger partial charge in [-0.3, -0.25) is 4.79 Å². The molecule has 34 heavy (non-hydrogen) atoms. The van der Waals surface area contributed by atoms with E-state index >= 15 is 0 Å². The minimum Gasteiger partial charge on any atom is -0.508 e. The van der Waals surface area contributed by atoms with Gasteiger partial charge in [0.15, 0.2) is 0 Å². The van der Waals surface area contributed by atoms with Crippen LogP contribution >= 0.6 is 15.9 Å². The number of rotatable bonds is 5. The van der Waals surface area contributed by atoms with Gasteiger partial charge >= 0.3 is 0 Å². The number of hydrogen-bond acceptors (Lipinski definition) is 4. The van der Waals surface area contributed by atoms with Crippen molar-refractivity contribution in [3.05, 3.63) is 106 Å². The molecule has 0 bridgehead atoms. The number of carbonyl (C=O) groups excluding carboxylic acids is 1. The number of aromatic amines is 1. The number of aromatic hydroxyl groups is 1. The molecule has 0 saturated heterocycles. The predicted molar refractivity (Wildman–Crippen MR) is 135 cm³/mol. The van der Waals surface area contributed by atoms with Crippen LogP contribution in [0.3, 0.4) is 0 Å². The third kappa shape index (κ3) is 4.49. The zero-order valence-corrected chi connectivity index (χ0v) is 20.1. The molecular weight excluding hydrogens is 492 g/mol. The minimum absolute atomic E-state index is 0.124. The van der Waals surface area contributed by atoms with Gasteiger partial charge in [0.2, 0.25) is 5.91 Å². The molecule has 1 aliphatic rings. The first kappa shape index (κ1) is 22.4. The summed E-state index contributed by atoms with van der Waals surface area (Å²) >= 11 is 3.62. The predicted octanol–water partition coefficient (Wildman–Crippen LogP) is 4.74. The number of fused-ring (bicyclic) bond motifs is 1. The largest absolute Gasteiger partial charge is 0.508 e. The van der Waals surface area contributed by atoms with Crippen molar-refractivity contribution in [3.63, 3.8) is 0 Å². The lowest BCUT2D eigenvalue weighted by atomic mass is 9.92. The summed E-state index contributed by atoms with van der Waals surface area (Å²) in [5.41, 5.74) is 11.5. The summed E-state index contributed by atoms with van der Waals surface area (Å²) in [6, 6.07) is 24.0. The lowest BCUT2D eigenvalue weighted by Crippen LogP contribution is -2.48. The number of halogens is 1. The number of aromatic nitrogens is 2. The molecule has 6 nitrogen and oxygen atoms in total. The smallest absolute Gasteiger partial charge is 0.240 e. The van der Waals surface area contributed by atoms with Crippen molar-refractivity contribution in [2.24, 2.45) is 5.73 Å². The molecule has 4 N–H and O–H groups in total. The molecule has 2 atom stereocenters. The maximum absolute atomic E-state index is 13.6. The van der Waals surface area contributed by atoms with Gasteiger partial charge in [-0.2, -0.15) is 0 Å². The third-order valence-electron chi connectivity index (χ3n) is 6.28. The molecule has 3 aromatic carbocycles. The number of hydrogen-bond donors (Lipinski definition) is 3. The summed E-state index contributed by atoms with van der Waals surface area (Å²) in [7, 11) is 0. The summed E-state index contributed by atoms with van der Waals surface area (Å²) < 4.78 is 0.786. The lowest BCUT2D eigenvalue weighted by molar-refractivity contribution is -0.136. The Morgan fingerprint density at radius 2 is 1.74 bits per heavy atom. The van der Waals surface area contributed by atoms with E-state index in [1.54, 1.807) is 24.3 Å². The summed E-state index contributed by atoms with van der Waals surface area (Å²) in [6.45, 7) is 0.474. The highest BCUT2D eigenvalue weighted by Crippen LogP contribution is 2.35. The Hall–Kier alpha value is -3.42. The van der Waals surface area contributed by atoms with Crippen LogP contribution in [0.4, 0.5) is 0 Å². The zero-order chi connectivity index (χ0) is 23.7. The van der Waals surface area contributed by atoms with E-state index in [1.165, 1.54) is 5.56 Å². The molecule has 0 spiro atoms. The van der Waals surface area contributed by atoms with Crippen LogP contribution in [0.15, 0.2) is 83.5 Å². The molecule has 0 fully saturated rings. The van der Waals surface area contributed by atoms with Crippen molar-refractivity contribution in [1.82, 2.24) is 14.9 Å². The molecule has 2 heterocycles. The summed E-state index contributed by atoms with van der Waals surface area (Å²) in [4.78, 5) is 23.7. The van der Waals surface area contributed by atoms with Crippen LogP contribution in [0.5, 0.6) is 5.75 Å². The molecule has 0 aliphatic carbocycles. The number of H-pyrrole nitrogens is 1. The third-order valence-corrected chi connectivity index (χ3v) is 6.86. The second kappa shape index (κ2) is 9.44. The second-order valence-electron chi connectivity index (χ2n) is 8.58. The first-order valence-corrected chi connectivity index (χ1v) is 12.0. The number of nitrogens with one attached hydrogen (secondary N) is 1. The number of nitrogens with zero attached hydrogens (tertiary/aromatic N) is 2. The van der Waals surface area contributed by atoms with Gasteiger partial charge in [0.1, 0.15) is 21.9 Å². The number of amides is 1. The monoisotopic (exact) mass is 516 g/mol. The SMILES string of the molecule is N[C@@H](Cc1ccc(O)cc1)C(=O)N1Cc2ccccc2C[C@H]1c1nc(-c2ccccc2)c(Br)[nH]1. The van der Waals surface area contributed by atoms with Crippen molar-refractivity contribution in [2.75, 3.05) is 0 Å². The zero-order valence-electron chi connectivity index (χ0n) is 18.5. The standard InChI is InChI=1S/C27H25BrN4O2/c28-25-24(18-6-2-1-3-7-18)30-26(31-25)23-15-19-8-4-5-9-20(19)16-32(23)27(34)22(29)14-17-10-12-21(33)13-11-17/h1-13,22-23,33H,14-16,29H2,(H,30,31)/t22-,23-/m0/s1. The van der Waals surface area contributed by atoms with Crippen molar-refractivity contribution in [1.29, 1.82) is 0 Å². The fourth-order valence-corrected chi connectivity index (χ4v) is 5.02. The number of carbonyl (C=O) groups is 1. The van der Waals surface area contributed by atoms with Gasteiger partial charge in [-0.05, 0) is 51.2 Å². The van der Waals surface area contributed by atoms with Gasteiger partial charge in [-0.1, -0.05) is 66.7 Å². The molecule has 7 heteroatoms. The maximum atomic E-state index is 13.6. The second-order valence-corrected chi connectivity index (χ2v) is 9.38. The molecule has 1 aliphatic heterocycles. The van der Waals surface area contributed by atoms with Crippen molar-refractivity contribution in [3.8, 4) is 17.0 Å². The van der Waals surface area contributed by atoms with E-state index in [1.807, 2.05) is 47.4 Å². The molecule has 1 amide bonds. The fraction of sp³-hybridized carbons (Fsp3) is 0.185. The Morgan fingerprint density at radius 3 is 2.47 bits per heavy atom. The van der Waals surface area contributed by atoms with E-state index in [-0.39, 0.29) is 17.7 Å². The van der Waals surface area contributed by atoms with Gasteiger partial charge in [-0.25, -0.2) is 4.98 Å². The van der Waals surface area contributed by atoms with Crippen LogP contribution in [0.1, 0.15) is 28.6 Å². The molecular formula is C27H25BrN4O2. The quantitative estimate of drug-likeness (QED) is 0.357. The molecule has 1 aromatic heterocycles. The van der Waals surface area contributed by atoms with E-state index in [9.17, 15) is 9.90 Å². The van der Waals surface area contributed by atoms with Crippen molar-refractivity contribution >= 4 is 21.8 Å².